The molecule has 1 aliphatic rings. The quantitative estimate of drug-likeness (QED) is 0.663. The number of rotatable bonds is 2. The topological polar surface area (TPSA) is 73.3 Å². The van der Waals surface area contributed by atoms with Gasteiger partial charge in [-0.2, -0.15) is 0 Å². The average molecular weight is 352 g/mol. The van der Waals surface area contributed by atoms with Crippen LogP contribution in [-0.4, -0.2) is 28.2 Å². The van der Waals surface area contributed by atoms with Crippen LogP contribution in [0.3, 0.4) is 0 Å². The van der Waals surface area contributed by atoms with Gasteiger partial charge in [0.05, 0.1) is 5.71 Å². The highest BCUT2D eigenvalue weighted by Gasteiger charge is 2.22. The third-order valence-electron chi connectivity index (χ3n) is 4.42. The number of halogens is 1. The van der Waals surface area contributed by atoms with Crippen molar-refractivity contribution in [3.63, 3.8) is 0 Å². The number of hydrogen-bond donors (Lipinski definition) is 1. The van der Waals surface area contributed by atoms with E-state index in [0.29, 0.717) is 6.42 Å². The summed E-state index contributed by atoms with van der Waals surface area (Å²) in [7, 11) is 1.69. The molecule has 0 amide bonds. The minimum atomic E-state index is -0.314. The Morgan fingerprint density at radius 3 is 2.85 bits per heavy atom. The number of carbonyl (C=O) groups is 1. The van der Waals surface area contributed by atoms with Crippen molar-refractivity contribution in [1.29, 1.82) is 0 Å². The second-order valence-electron chi connectivity index (χ2n) is 6.17. The monoisotopic (exact) mass is 352 g/mol. The summed E-state index contributed by atoms with van der Waals surface area (Å²) in [5.74, 6) is -0.598. The lowest BCUT2D eigenvalue weighted by Gasteiger charge is -2.13. The zero-order valence-electron chi connectivity index (χ0n) is 14.7. The van der Waals surface area contributed by atoms with Crippen LogP contribution in [0.2, 0.25) is 0 Å². The summed E-state index contributed by atoms with van der Waals surface area (Å²) < 4.78 is 14.9. The number of benzene rings is 1. The molecule has 0 spiro atoms. The van der Waals surface area contributed by atoms with Crippen molar-refractivity contribution in [3.8, 4) is 0 Å². The molecule has 3 rings (SSSR count). The first-order chi connectivity index (χ1) is 12.6. The Morgan fingerprint density at radius 1 is 1.35 bits per heavy atom. The van der Waals surface area contributed by atoms with Crippen molar-refractivity contribution in [2.75, 3.05) is 7.05 Å². The second kappa shape index (κ2) is 7.91. The highest BCUT2D eigenvalue weighted by Crippen LogP contribution is 2.28. The number of allylic oxidation sites excluding steroid dienone is 3. The Morgan fingerprint density at radius 2 is 2.15 bits per heavy atom. The third-order valence-corrected chi connectivity index (χ3v) is 4.42. The van der Waals surface area contributed by atoms with E-state index in [0.717, 1.165) is 41.7 Å². The molecule has 1 saturated carbocycles. The molecule has 2 aromatic rings. The summed E-state index contributed by atoms with van der Waals surface area (Å²) in [6.07, 6.45) is 9.80. The van der Waals surface area contributed by atoms with Gasteiger partial charge in [-0.1, -0.05) is 12.1 Å². The zero-order valence-corrected chi connectivity index (χ0v) is 14.7. The van der Waals surface area contributed by atoms with Gasteiger partial charge in [0.15, 0.2) is 0 Å². The molecule has 2 N–H and O–H groups in total. The highest BCUT2D eigenvalue weighted by molar-refractivity contribution is 6.18. The number of imidazole rings is 1. The van der Waals surface area contributed by atoms with Crippen LogP contribution in [0.25, 0.3) is 6.08 Å². The molecule has 26 heavy (non-hydrogen) atoms. The van der Waals surface area contributed by atoms with Gasteiger partial charge in [-0.3, -0.25) is 14.4 Å². The summed E-state index contributed by atoms with van der Waals surface area (Å²) in [4.78, 5) is 20.9. The van der Waals surface area contributed by atoms with Crippen LogP contribution in [0.4, 0.5) is 4.39 Å². The van der Waals surface area contributed by atoms with Crippen LogP contribution in [0.5, 0.6) is 0 Å². The summed E-state index contributed by atoms with van der Waals surface area (Å²) in [5, 5.41) is 0. The fourth-order valence-corrected chi connectivity index (χ4v) is 3.17. The minimum absolute atomic E-state index is 0.177. The molecular formula is C20H21FN4O. The molecule has 1 aromatic heterocycles. The van der Waals surface area contributed by atoms with Crippen molar-refractivity contribution >= 4 is 17.7 Å². The van der Waals surface area contributed by atoms with Crippen LogP contribution >= 0.6 is 0 Å². The summed E-state index contributed by atoms with van der Waals surface area (Å²) in [6.45, 7) is 0. The summed E-state index contributed by atoms with van der Waals surface area (Å²) in [5.41, 5.74) is 9.58. The van der Waals surface area contributed by atoms with Gasteiger partial charge >= 0.3 is 0 Å². The van der Waals surface area contributed by atoms with E-state index in [2.05, 4.69) is 9.98 Å². The number of carbonyl (C=O) groups excluding carboxylic acids is 1. The van der Waals surface area contributed by atoms with Crippen LogP contribution in [0.15, 0.2) is 64.8 Å². The Balaban J connectivity index is 2.03. The number of aliphatic imine (C=N–C) groups is 1. The first kappa shape index (κ1) is 17.8. The Bertz CT molecular complexity index is 894. The van der Waals surface area contributed by atoms with Crippen molar-refractivity contribution in [2.24, 2.45) is 10.7 Å². The Kier molecular flexibility index (Phi) is 5.41. The maximum absolute atomic E-state index is 13.5. The molecule has 0 bridgehead atoms. The van der Waals surface area contributed by atoms with Gasteiger partial charge in [0.25, 0.3) is 5.91 Å². The predicted molar refractivity (Wildman–Crippen MR) is 100 cm³/mol. The van der Waals surface area contributed by atoms with Crippen LogP contribution < -0.4 is 5.73 Å². The van der Waals surface area contributed by atoms with Crippen LogP contribution in [0, 0.1) is 5.82 Å². The first-order valence-electron chi connectivity index (χ1n) is 8.55. The van der Waals surface area contributed by atoms with E-state index >= 15 is 0 Å². The molecule has 1 aliphatic carbocycles. The lowest BCUT2D eigenvalue weighted by Crippen LogP contribution is -2.23. The van der Waals surface area contributed by atoms with E-state index in [4.69, 9.17) is 5.73 Å². The fourth-order valence-electron chi connectivity index (χ4n) is 3.17. The maximum Gasteiger partial charge on any atom is 0.279 e. The van der Waals surface area contributed by atoms with Gasteiger partial charge in [0.2, 0.25) is 0 Å². The molecule has 134 valence electrons. The summed E-state index contributed by atoms with van der Waals surface area (Å²) >= 11 is 0. The molecule has 5 nitrogen and oxygen atoms in total. The van der Waals surface area contributed by atoms with E-state index in [1.54, 1.807) is 19.3 Å². The molecule has 1 heterocycles. The molecule has 6 heteroatoms. The smallest absolute Gasteiger partial charge is 0.279 e. The van der Waals surface area contributed by atoms with Crippen LogP contribution in [-0.2, 0) is 0 Å². The van der Waals surface area contributed by atoms with E-state index < -0.39 is 0 Å². The molecule has 1 fully saturated rings. The number of nitrogens with two attached hydrogens (primary N) is 1. The fraction of sp³-hybridized carbons (Fsp3) is 0.250. The standard InChI is InChI=1S/C20H21FN4O/c1-23-19-15(11-14-5-4-7-16(21)12-14)6-2-3-8-17(19)18(22)20(26)25-10-9-24-13-25/h4-5,7,9-13H,2-3,6,8,22H2,1H3/b15-11+,18-17-,23-19?. The Labute approximate surface area is 151 Å². The van der Waals surface area contributed by atoms with Gasteiger partial charge in [0, 0.05) is 25.0 Å². The number of hydrogen-bond acceptors (Lipinski definition) is 4. The molecule has 0 aliphatic heterocycles. The minimum Gasteiger partial charge on any atom is -0.394 e. The normalized spacial score (nSPS) is 20.2. The van der Waals surface area contributed by atoms with E-state index in [-0.39, 0.29) is 17.4 Å². The molecule has 0 unspecified atom stereocenters. The van der Waals surface area contributed by atoms with Crippen molar-refractivity contribution < 1.29 is 9.18 Å². The zero-order chi connectivity index (χ0) is 18.5. The van der Waals surface area contributed by atoms with Crippen molar-refractivity contribution in [2.45, 2.75) is 25.7 Å². The number of aromatic nitrogens is 2. The lowest BCUT2D eigenvalue weighted by atomic mass is 9.97. The Hall–Kier alpha value is -3.02. The number of nitrogens with zero attached hydrogens (tertiary/aromatic N) is 3. The van der Waals surface area contributed by atoms with Crippen LogP contribution in [0.1, 0.15) is 36.0 Å². The van der Waals surface area contributed by atoms with E-state index in [1.807, 2.05) is 12.1 Å². The second-order valence-corrected chi connectivity index (χ2v) is 6.17. The van der Waals surface area contributed by atoms with E-state index in [9.17, 15) is 9.18 Å². The SMILES string of the molecule is CN=C1/C(=C(\N)C(=O)n2ccnc2)CCCC/C1=C\c1cccc(F)c1. The lowest BCUT2D eigenvalue weighted by molar-refractivity contribution is 0.0952. The van der Waals surface area contributed by atoms with Gasteiger partial charge in [-0.05, 0) is 55.0 Å². The highest BCUT2D eigenvalue weighted by atomic mass is 19.1. The third kappa shape index (κ3) is 3.79. The average Bonchev–Trinajstić information content (AvgIpc) is 3.09. The van der Waals surface area contributed by atoms with Gasteiger partial charge < -0.3 is 5.73 Å². The first-order valence-corrected chi connectivity index (χ1v) is 8.55. The van der Waals surface area contributed by atoms with Gasteiger partial charge in [-0.25, -0.2) is 9.37 Å². The van der Waals surface area contributed by atoms with Crippen molar-refractivity contribution in [3.05, 3.63) is 71.2 Å². The largest absolute Gasteiger partial charge is 0.394 e. The van der Waals surface area contributed by atoms with Gasteiger partial charge in [0.1, 0.15) is 17.8 Å². The molecule has 0 saturated heterocycles. The van der Waals surface area contributed by atoms with Gasteiger partial charge in [-0.15, -0.1) is 0 Å². The predicted octanol–water partition coefficient (Wildman–Crippen LogP) is 3.60. The van der Waals surface area contributed by atoms with Crippen molar-refractivity contribution in [1.82, 2.24) is 9.55 Å². The molecule has 0 atom stereocenters. The maximum atomic E-state index is 13.5. The molecular weight excluding hydrogens is 331 g/mol. The van der Waals surface area contributed by atoms with E-state index in [1.165, 1.54) is 29.2 Å². The molecule has 0 radical (unpaired) electrons. The summed E-state index contributed by atoms with van der Waals surface area (Å²) in [6, 6.07) is 6.41. The molecule has 1 aromatic carbocycles.